The van der Waals surface area contributed by atoms with Gasteiger partial charge in [-0.2, -0.15) is 10.1 Å². The van der Waals surface area contributed by atoms with Crippen LogP contribution in [-0.2, 0) is 4.84 Å². The minimum Gasteiger partial charge on any atom is -0.493 e. The number of hydrogen-bond acceptors (Lipinski definition) is 7. The van der Waals surface area contributed by atoms with E-state index in [2.05, 4.69) is 29.9 Å². The summed E-state index contributed by atoms with van der Waals surface area (Å²) in [5, 5.41) is 1.47. The van der Waals surface area contributed by atoms with Gasteiger partial charge in [0.2, 0.25) is 11.9 Å². The molecule has 7 heteroatoms. The molecule has 0 atom stereocenters. The fraction of sp³-hybridized carbons (Fsp3) is 0.500. The van der Waals surface area contributed by atoms with Crippen LogP contribution in [-0.4, -0.2) is 35.9 Å². The summed E-state index contributed by atoms with van der Waals surface area (Å²) in [6, 6.07) is 6.06. The van der Waals surface area contributed by atoms with Crippen LogP contribution in [0.3, 0.4) is 0 Å². The molecule has 1 heterocycles. The summed E-state index contributed by atoms with van der Waals surface area (Å²) in [7, 11) is 0. The van der Waals surface area contributed by atoms with Gasteiger partial charge in [-0.15, -0.1) is 0 Å². The molecule has 0 bridgehead atoms. The highest BCUT2D eigenvalue weighted by atomic mass is 16.7. The highest BCUT2D eigenvalue weighted by molar-refractivity contribution is 5.95. The summed E-state index contributed by atoms with van der Waals surface area (Å²) in [5.74, 6) is 1.23. The van der Waals surface area contributed by atoms with Crippen molar-refractivity contribution in [3.63, 3.8) is 0 Å². The minimum absolute atomic E-state index is 0.158. The number of ether oxygens (including phenoxy) is 1. The molecular weight excluding hydrogens is 294 g/mol. The van der Waals surface area contributed by atoms with Gasteiger partial charge in [-0.25, -0.2) is 4.99 Å². The molecule has 1 aromatic rings. The molecule has 23 heavy (non-hydrogen) atoms. The predicted octanol–water partition coefficient (Wildman–Crippen LogP) is 1.69. The maximum atomic E-state index is 5.84. The Bertz CT molecular complexity index is 625. The molecule has 0 spiro atoms. The lowest BCUT2D eigenvalue weighted by Crippen LogP contribution is -2.53. The lowest BCUT2D eigenvalue weighted by atomic mass is 10.1. The van der Waals surface area contributed by atoms with Gasteiger partial charge in [-0.1, -0.05) is 6.07 Å². The number of nitrogens with two attached hydrogens (primary N) is 2. The summed E-state index contributed by atoms with van der Waals surface area (Å²) in [5.41, 5.74) is 13.2. The van der Waals surface area contributed by atoms with Gasteiger partial charge in [0, 0.05) is 6.42 Å². The van der Waals surface area contributed by atoms with Crippen molar-refractivity contribution in [3.05, 3.63) is 29.3 Å². The Labute approximate surface area is 136 Å². The lowest BCUT2D eigenvalue weighted by Gasteiger charge is -2.36. The fourth-order valence-corrected chi connectivity index (χ4v) is 2.23. The molecule has 7 nitrogen and oxygen atoms in total. The van der Waals surface area contributed by atoms with Crippen molar-refractivity contribution in [1.82, 2.24) is 5.06 Å². The van der Waals surface area contributed by atoms with Crippen LogP contribution >= 0.6 is 0 Å². The monoisotopic (exact) mass is 319 g/mol. The third-order valence-corrected chi connectivity index (χ3v) is 3.58. The Balaban J connectivity index is 1.77. The summed E-state index contributed by atoms with van der Waals surface area (Å²) in [4.78, 5) is 13.8. The summed E-state index contributed by atoms with van der Waals surface area (Å²) < 4.78 is 5.72. The predicted molar refractivity (Wildman–Crippen MR) is 91.1 cm³/mol. The zero-order valence-corrected chi connectivity index (χ0v) is 14.2. The van der Waals surface area contributed by atoms with Crippen molar-refractivity contribution in [3.8, 4) is 5.75 Å². The average Bonchev–Trinajstić information content (AvgIpc) is 2.44. The Morgan fingerprint density at radius 2 is 1.87 bits per heavy atom. The number of benzene rings is 1. The van der Waals surface area contributed by atoms with Crippen molar-refractivity contribution in [2.45, 2.75) is 39.8 Å². The topological polar surface area (TPSA) is 98.5 Å². The first-order valence-corrected chi connectivity index (χ1v) is 7.62. The van der Waals surface area contributed by atoms with Gasteiger partial charge in [0.05, 0.1) is 13.2 Å². The highest BCUT2D eigenvalue weighted by Crippen LogP contribution is 2.20. The molecule has 0 fully saturated rings. The maximum absolute atomic E-state index is 5.84. The van der Waals surface area contributed by atoms with Gasteiger partial charge >= 0.3 is 0 Å². The van der Waals surface area contributed by atoms with Crippen molar-refractivity contribution in [1.29, 1.82) is 0 Å². The van der Waals surface area contributed by atoms with Gasteiger partial charge in [-0.3, -0.25) is 4.84 Å². The van der Waals surface area contributed by atoms with Crippen molar-refractivity contribution < 1.29 is 9.57 Å². The molecular formula is C16H25N5O2. The van der Waals surface area contributed by atoms with Crippen LogP contribution in [0.15, 0.2) is 28.2 Å². The Morgan fingerprint density at radius 1 is 1.13 bits per heavy atom. The van der Waals surface area contributed by atoms with E-state index in [0.29, 0.717) is 19.6 Å². The van der Waals surface area contributed by atoms with E-state index >= 15 is 0 Å². The van der Waals surface area contributed by atoms with Crippen LogP contribution < -0.4 is 16.2 Å². The molecule has 0 saturated carbocycles. The molecule has 0 amide bonds. The third kappa shape index (κ3) is 4.35. The average molecular weight is 319 g/mol. The molecule has 1 aliphatic heterocycles. The first kappa shape index (κ1) is 17.1. The van der Waals surface area contributed by atoms with E-state index in [1.54, 1.807) is 0 Å². The van der Waals surface area contributed by atoms with Crippen molar-refractivity contribution in [2.24, 2.45) is 21.5 Å². The van der Waals surface area contributed by atoms with Crippen LogP contribution in [0.1, 0.15) is 31.4 Å². The number of hydrogen-bond donors (Lipinski definition) is 2. The minimum atomic E-state index is -0.676. The van der Waals surface area contributed by atoms with E-state index < -0.39 is 5.66 Å². The Kier molecular flexibility index (Phi) is 5.10. The van der Waals surface area contributed by atoms with Gasteiger partial charge in [-0.05, 0) is 51.0 Å². The molecule has 0 saturated heterocycles. The van der Waals surface area contributed by atoms with Gasteiger partial charge in [0.1, 0.15) is 5.75 Å². The van der Waals surface area contributed by atoms with Gasteiger partial charge in [0.25, 0.3) is 0 Å². The van der Waals surface area contributed by atoms with Gasteiger partial charge in [0.15, 0.2) is 5.66 Å². The number of aliphatic imine (C=N–C) groups is 2. The SMILES string of the molecule is Cc1ccc(OCCCON2C(N)=NC(N)=NC2(C)C)cc1C. The van der Waals surface area contributed by atoms with Crippen LogP contribution in [0.25, 0.3) is 0 Å². The highest BCUT2D eigenvalue weighted by Gasteiger charge is 2.32. The zero-order valence-electron chi connectivity index (χ0n) is 14.2. The quantitative estimate of drug-likeness (QED) is 0.777. The van der Waals surface area contributed by atoms with Crippen LogP contribution in [0.2, 0.25) is 0 Å². The van der Waals surface area contributed by atoms with Crippen molar-refractivity contribution >= 4 is 11.9 Å². The largest absolute Gasteiger partial charge is 0.493 e. The van der Waals surface area contributed by atoms with E-state index in [4.69, 9.17) is 21.0 Å². The number of rotatable bonds is 6. The molecule has 4 N–H and O–H groups in total. The number of guanidine groups is 2. The lowest BCUT2D eigenvalue weighted by molar-refractivity contribution is -0.158. The van der Waals surface area contributed by atoms with Gasteiger partial charge < -0.3 is 16.2 Å². The van der Waals surface area contributed by atoms with E-state index in [0.717, 1.165) is 5.75 Å². The third-order valence-electron chi connectivity index (χ3n) is 3.58. The first-order valence-electron chi connectivity index (χ1n) is 7.62. The van der Waals surface area contributed by atoms with Crippen LogP contribution in [0.4, 0.5) is 0 Å². The summed E-state index contributed by atoms with van der Waals surface area (Å²) in [6.45, 7) is 8.85. The van der Waals surface area contributed by atoms with Crippen LogP contribution in [0.5, 0.6) is 5.75 Å². The zero-order chi connectivity index (χ0) is 17.0. The normalized spacial score (nSPS) is 16.8. The molecule has 126 valence electrons. The number of nitrogens with zero attached hydrogens (tertiary/aromatic N) is 3. The van der Waals surface area contributed by atoms with E-state index in [1.807, 2.05) is 26.0 Å². The first-order chi connectivity index (χ1) is 10.8. The second-order valence-corrected chi connectivity index (χ2v) is 6.01. The summed E-state index contributed by atoms with van der Waals surface area (Å²) >= 11 is 0. The van der Waals surface area contributed by atoms with E-state index in [9.17, 15) is 0 Å². The molecule has 1 aromatic carbocycles. The smallest absolute Gasteiger partial charge is 0.226 e. The summed E-state index contributed by atoms with van der Waals surface area (Å²) in [6.07, 6.45) is 0.714. The van der Waals surface area contributed by atoms with E-state index in [-0.39, 0.29) is 11.9 Å². The molecule has 2 rings (SSSR count). The second kappa shape index (κ2) is 6.87. The number of hydroxylamine groups is 2. The molecule has 0 unspecified atom stereocenters. The Hall–Kier alpha value is -2.28. The molecule has 0 aromatic heterocycles. The second-order valence-electron chi connectivity index (χ2n) is 6.01. The van der Waals surface area contributed by atoms with E-state index in [1.165, 1.54) is 16.2 Å². The molecule has 1 aliphatic rings. The molecule has 0 aliphatic carbocycles. The number of aryl methyl sites for hydroxylation is 2. The van der Waals surface area contributed by atoms with Crippen LogP contribution in [0, 0.1) is 13.8 Å². The standard InChI is InChI=1S/C16H25N5O2/c1-11-6-7-13(10-12(11)2)22-8-5-9-23-21-15(18)19-14(17)20-16(21,3)4/h6-7,10H,5,8-9H2,1-4H3,(H4,17,18,19,20). The Morgan fingerprint density at radius 3 is 2.52 bits per heavy atom. The maximum Gasteiger partial charge on any atom is 0.226 e. The van der Waals surface area contributed by atoms with Crippen molar-refractivity contribution in [2.75, 3.05) is 13.2 Å². The fourth-order valence-electron chi connectivity index (χ4n) is 2.23. The molecule has 0 radical (unpaired) electrons.